The number of hydrogen-bond donors (Lipinski definition) is 2. The molecular weight excluding hydrogens is 470 g/mol. The number of benzene rings is 2. The minimum Gasteiger partial charge on any atom is -0.480 e. The molecule has 1 atom stereocenters. The van der Waals surface area contributed by atoms with Crippen LogP contribution in [-0.2, 0) is 9.53 Å². The van der Waals surface area contributed by atoms with Gasteiger partial charge in [-0.3, -0.25) is 0 Å². The van der Waals surface area contributed by atoms with Crippen molar-refractivity contribution < 1.29 is 19.4 Å². The molecule has 0 fully saturated rings. The van der Waals surface area contributed by atoms with E-state index < -0.39 is 18.1 Å². The molecule has 0 bridgehead atoms. The maximum Gasteiger partial charge on any atom is 0.407 e. The second-order valence-electron chi connectivity index (χ2n) is 9.62. The van der Waals surface area contributed by atoms with Crippen LogP contribution in [0.25, 0.3) is 11.1 Å². The minimum atomic E-state index is -1.03. The van der Waals surface area contributed by atoms with E-state index in [2.05, 4.69) is 36.5 Å². The molecule has 2 aromatic carbocycles. The molecule has 0 aliphatic heterocycles. The van der Waals surface area contributed by atoms with Crippen LogP contribution in [0.1, 0.15) is 88.2 Å². The minimum absolute atomic E-state index is 0.0443. The number of amides is 1. The Morgan fingerprint density at radius 1 is 0.861 bits per heavy atom. The van der Waals surface area contributed by atoms with Gasteiger partial charge in [-0.2, -0.15) is 11.8 Å². The van der Waals surface area contributed by atoms with Gasteiger partial charge in [0.1, 0.15) is 12.6 Å². The molecular formula is C30H41NO4S. The lowest BCUT2D eigenvalue weighted by molar-refractivity contribution is -0.138. The summed E-state index contributed by atoms with van der Waals surface area (Å²) in [5.41, 5.74) is 4.59. The first-order chi connectivity index (χ1) is 17.6. The Morgan fingerprint density at radius 2 is 1.39 bits per heavy atom. The Hall–Kier alpha value is -2.47. The third-order valence-electron chi connectivity index (χ3n) is 6.86. The van der Waals surface area contributed by atoms with Crippen molar-refractivity contribution in [2.45, 2.75) is 83.1 Å². The number of hydrogen-bond acceptors (Lipinski definition) is 4. The molecule has 6 heteroatoms. The van der Waals surface area contributed by atoms with E-state index in [0.29, 0.717) is 5.75 Å². The van der Waals surface area contributed by atoms with E-state index in [-0.39, 0.29) is 12.5 Å². The van der Waals surface area contributed by atoms with Gasteiger partial charge in [0.2, 0.25) is 0 Å². The van der Waals surface area contributed by atoms with Crippen LogP contribution in [-0.4, -0.2) is 41.3 Å². The molecule has 0 spiro atoms. The van der Waals surface area contributed by atoms with Crippen LogP contribution >= 0.6 is 11.8 Å². The Labute approximate surface area is 220 Å². The zero-order valence-corrected chi connectivity index (χ0v) is 22.4. The molecule has 0 saturated heterocycles. The predicted octanol–water partition coefficient (Wildman–Crippen LogP) is 7.63. The Bertz CT molecular complexity index is 918. The number of carbonyl (C=O) groups excluding carboxylic acids is 1. The molecule has 36 heavy (non-hydrogen) atoms. The number of thioether (sulfide) groups is 1. The number of rotatable bonds is 17. The lowest BCUT2D eigenvalue weighted by Gasteiger charge is -2.17. The van der Waals surface area contributed by atoms with Gasteiger partial charge in [-0.05, 0) is 34.4 Å². The van der Waals surface area contributed by atoms with E-state index in [0.717, 1.165) is 34.4 Å². The number of carbonyl (C=O) groups is 2. The summed E-state index contributed by atoms with van der Waals surface area (Å²) in [5.74, 6) is 0.181. The van der Waals surface area contributed by atoms with Crippen LogP contribution in [0, 0.1) is 0 Å². The Kier molecular flexibility index (Phi) is 12.2. The van der Waals surface area contributed by atoms with Crippen LogP contribution in [0.4, 0.5) is 4.79 Å². The second-order valence-corrected chi connectivity index (χ2v) is 10.8. The van der Waals surface area contributed by atoms with Gasteiger partial charge < -0.3 is 15.2 Å². The van der Waals surface area contributed by atoms with Gasteiger partial charge in [-0.1, -0.05) is 113 Å². The third kappa shape index (κ3) is 8.58. The van der Waals surface area contributed by atoms with E-state index in [4.69, 9.17) is 4.74 Å². The summed E-state index contributed by atoms with van der Waals surface area (Å²) in [7, 11) is 0. The van der Waals surface area contributed by atoms with Crippen LogP contribution in [0.2, 0.25) is 0 Å². The van der Waals surface area contributed by atoms with E-state index in [1.54, 1.807) is 11.8 Å². The SMILES string of the molecule is CCCCCCCCCCCCSC[C@@H](NC(=O)OCC1c2ccccc2-c2ccccc21)C(=O)O. The van der Waals surface area contributed by atoms with E-state index in [1.807, 2.05) is 24.3 Å². The molecule has 3 rings (SSSR count). The fourth-order valence-corrected chi connectivity index (χ4v) is 5.89. The maximum atomic E-state index is 12.5. The van der Waals surface area contributed by atoms with Gasteiger partial charge in [0.25, 0.3) is 0 Å². The molecule has 1 aliphatic rings. The highest BCUT2D eigenvalue weighted by molar-refractivity contribution is 7.99. The Morgan fingerprint density at radius 3 is 1.94 bits per heavy atom. The van der Waals surface area contributed by atoms with Gasteiger partial charge in [-0.25, -0.2) is 9.59 Å². The van der Waals surface area contributed by atoms with Crippen LogP contribution in [0.3, 0.4) is 0 Å². The van der Waals surface area contributed by atoms with Crippen molar-refractivity contribution in [3.63, 3.8) is 0 Å². The zero-order chi connectivity index (χ0) is 25.6. The number of unbranched alkanes of at least 4 members (excludes halogenated alkanes) is 9. The molecule has 0 aromatic heterocycles. The van der Waals surface area contributed by atoms with Crippen LogP contribution in [0.15, 0.2) is 48.5 Å². The van der Waals surface area contributed by atoms with E-state index in [1.165, 1.54) is 57.8 Å². The highest BCUT2D eigenvalue weighted by Gasteiger charge is 2.29. The predicted molar refractivity (Wildman–Crippen MR) is 149 cm³/mol. The Balaban J connectivity index is 1.33. The van der Waals surface area contributed by atoms with Crippen LogP contribution < -0.4 is 5.32 Å². The standard InChI is InChI=1S/C30H41NO4S/c1-2-3-4-5-6-7-8-9-10-15-20-36-22-28(29(32)33)31-30(34)35-21-27-25-18-13-11-16-23(25)24-17-12-14-19-26(24)27/h11-14,16-19,27-28H,2-10,15,20-22H2,1H3,(H,31,34)(H,32,33)/t28-/m1/s1. The lowest BCUT2D eigenvalue weighted by Crippen LogP contribution is -2.43. The topological polar surface area (TPSA) is 75.6 Å². The van der Waals surface area contributed by atoms with Crippen molar-refractivity contribution in [3.8, 4) is 11.1 Å². The van der Waals surface area contributed by atoms with Gasteiger partial charge >= 0.3 is 12.1 Å². The first-order valence-corrected chi connectivity index (χ1v) is 14.7. The van der Waals surface area contributed by atoms with Crippen molar-refractivity contribution in [3.05, 3.63) is 59.7 Å². The fraction of sp³-hybridized carbons (Fsp3) is 0.533. The molecule has 196 valence electrons. The quantitative estimate of drug-likeness (QED) is 0.214. The molecule has 1 aliphatic carbocycles. The number of aliphatic carboxylic acids is 1. The third-order valence-corrected chi connectivity index (χ3v) is 8.01. The summed E-state index contributed by atoms with van der Waals surface area (Å²) in [6.45, 7) is 2.42. The van der Waals surface area contributed by atoms with Gasteiger partial charge in [0.05, 0.1) is 0 Å². The monoisotopic (exact) mass is 511 g/mol. The number of fused-ring (bicyclic) bond motifs is 3. The smallest absolute Gasteiger partial charge is 0.407 e. The van der Waals surface area contributed by atoms with Crippen LogP contribution in [0.5, 0.6) is 0 Å². The molecule has 2 N–H and O–H groups in total. The van der Waals surface area contributed by atoms with Gasteiger partial charge in [0, 0.05) is 11.7 Å². The van der Waals surface area contributed by atoms with Crippen molar-refractivity contribution >= 4 is 23.8 Å². The summed E-state index contributed by atoms with van der Waals surface area (Å²) in [4.78, 5) is 24.1. The summed E-state index contributed by atoms with van der Waals surface area (Å²) in [6, 6.07) is 15.3. The molecule has 1 amide bonds. The van der Waals surface area contributed by atoms with E-state index >= 15 is 0 Å². The van der Waals surface area contributed by atoms with Crippen molar-refractivity contribution in [2.75, 3.05) is 18.1 Å². The van der Waals surface area contributed by atoms with Crippen molar-refractivity contribution in [1.29, 1.82) is 0 Å². The highest BCUT2D eigenvalue weighted by atomic mass is 32.2. The zero-order valence-electron chi connectivity index (χ0n) is 21.5. The average Bonchev–Trinajstić information content (AvgIpc) is 3.21. The average molecular weight is 512 g/mol. The van der Waals surface area contributed by atoms with Gasteiger partial charge in [-0.15, -0.1) is 0 Å². The molecule has 0 heterocycles. The number of alkyl carbamates (subject to hydrolysis) is 1. The summed E-state index contributed by atoms with van der Waals surface area (Å²) >= 11 is 1.58. The van der Waals surface area contributed by atoms with Crippen molar-refractivity contribution in [1.82, 2.24) is 5.32 Å². The molecule has 5 nitrogen and oxygen atoms in total. The number of nitrogens with one attached hydrogen (secondary N) is 1. The fourth-order valence-electron chi connectivity index (χ4n) is 4.85. The molecule has 0 saturated carbocycles. The van der Waals surface area contributed by atoms with Gasteiger partial charge in [0.15, 0.2) is 0 Å². The summed E-state index contributed by atoms with van der Waals surface area (Å²) in [6.07, 6.45) is 12.2. The normalized spacial score (nSPS) is 13.1. The first-order valence-electron chi connectivity index (χ1n) is 13.5. The molecule has 0 unspecified atom stereocenters. The lowest BCUT2D eigenvalue weighted by atomic mass is 9.98. The van der Waals surface area contributed by atoms with E-state index in [9.17, 15) is 14.7 Å². The summed E-state index contributed by atoms with van der Waals surface area (Å²) in [5, 5.41) is 12.1. The first kappa shape index (κ1) is 28.1. The number of carboxylic acids is 1. The largest absolute Gasteiger partial charge is 0.480 e. The highest BCUT2D eigenvalue weighted by Crippen LogP contribution is 2.44. The number of ether oxygens (including phenoxy) is 1. The van der Waals surface area contributed by atoms with Crippen molar-refractivity contribution in [2.24, 2.45) is 0 Å². The molecule has 2 aromatic rings. The maximum absolute atomic E-state index is 12.5. The second kappa shape index (κ2) is 15.6. The molecule has 0 radical (unpaired) electrons. The summed E-state index contributed by atoms with van der Waals surface area (Å²) < 4.78 is 5.51. The number of carboxylic acid groups (broad SMARTS) is 1.